The second kappa shape index (κ2) is 5.88. The first-order chi connectivity index (χ1) is 10.5. The van der Waals surface area contributed by atoms with E-state index in [1.807, 2.05) is 0 Å². The standard InChI is InChI=1S/C15H14ClF3N2O2/c1-14(2,3)21-12(8-11(20-21)15(17,18)19)23-13(22)9-4-6-10(16)7-5-9/h4-8H,1-3H3. The maximum atomic E-state index is 12.8. The number of carbonyl (C=O) groups excluding carboxylic acids is 1. The summed E-state index contributed by atoms with van der Waals surface area (Å²) in [6.07, 6.45) is -4.63. The minimum atomic E-state index is -4.63. The van der Waals surface area contributed by atoms with Crippen molar-refractivity contribution in [3.8, 4) is 5.88 Å². The molecule has 4 nitrogen and oxygen atoms in total. The quantitative estimate of drug-likeness (QED) is 0.750. The number of aromatic nitrogens is 2. The maximum Gasteiger partial charge on any atom is 0.435 e. The zero-order valence-corrected chi connectivity index (χ0v) is 13.4. The molecule has 0 spiro atoms. The molecule has 8 heteroatoms. The molecule has 0 atom stereocenters. The molecule has 0 aliphatic heterocycles. The number of benzene rings is 1. The second-order valence-electron chi connectivity index (χ2n) is 5.84. The number of alkyl halides is 3. The van der Waals surface area contributed by atoms with Crippen LogP contribution < -0.4 is 4.74 Å². The van der Waals surface area contributed by atoms with Gasteiger partial charge in [0.05, 0.1) is 11.1 Å². The summed E-state index contributed by atoms with van der Waals surface area (Å²) in [4.78, 5) is 12.1. The van der Waals surface area contributed by atoms with E-state index in [0.29, 0.717) is 11.1 Å². The lowest BCUT2D eigenvalue weighted by Crippen LogP contribution is -2.26. The van der Waals surface area contributed by atoms with Gasteiger partial charge in [0, 0.05) is 11.1 Å². The Kier molecular flexibility index (Phi) is 4.43. The van der Waals surface area contributed by atoms with Crippen molar-refractivity contribution in [1.29, 1.82) is 0 Å². The highest BCUT2D eigenvalue weighted by molar-refractivity contribution is 6.30. The van der Waals surface area contributed by atoms with Crippen molar-refractivity contribution in [1.82, 2.24) is 9.78 Å². The van der Waals surface area contributed by atoms with Crippen molar-refractivity contribution in [2.45, 2.75) is 32.5 Å². The van der Waals surface area contributed by atoms with Crippen LogP contribution in [0.3, 0.4) is 0 Å². The van der Waals surface area contributed by atoms with Crippen LogP contribution in [0.4, 0.5) is 13.2 Å². The molecule has 0 radical (unpaired) electrons. The Hall–Kier alpha value is -2.02. The van der Waals surface area contributed by atoms with Crippen LogP contribution >= 0.6 is 11.6 Å². The summed E-state index contributed by atoms with van der Waals surface area (Å²) in [6.45, 7) is 4.96. The summed E-state index contributed by atoms with van der Waals surface area (Å²) in [5.41, 5.74) is -1.74. The second-order valence-corrected chi connectivity index (χ2v) is 6.28. The van der Waals surface area contributed by atoms with Gasteiger partial charge in [0.1, 0.15) is 0 Å². The van der Waals surface area contributed by atoms with Gasteiger partial charge in [0.25, 0.3) is 0 Å². The third kappa shape index (κ3) is 4.04. The van der Waals surface area contributed by atoms with Crippen molar-refractivity contribution in [3.63, 3.8) is 0 Å². The minimum absolute atomic E-state index is 0.171. The van der Waals surface area contributed by atoms with E-state index in [4.69, 9.17) is 16.3 Å². The Labute approximate surface area is 135 Å². The number of esters is 1. The van der Waals surface area contributed by atoms with Crippen molar-refractivity contribution in [3.05, 3.63) is 46.6 Å². The molecule has 1 aromatic heterocycles. The van der Waals surface area contributed by atoms with Crippen LogP contribution in [0.15, 0.2) is 30.3 Å². The zero-order chi connectivity index (χ0) is 17.4. The summed E-state index contributed by atoms with van der Waals surface area (Å²) in [5.74, 6) is -1.06. The van der Waals surface area contributed by atoms with Gasteiger partial charge in [-0.1, -0.05) is 11.6 Å². The molecular formula is C15H14ClF3N2O2. The molecule has 0 fully saturated rings. The molecule has 0 saturated carbocycles. The Bertz CT molecular complexity index is 716. The number of carbonyl (C=O) groups is 1. The number of hydrogen-bond acceptors (Lipinski definition) is 3. The molecule has 0 aliphatic rings. The predicted octanol–water partition coefficient (Wildman–Crippen LogP) is 4.53. The fourth-order valence-corrected chi connectivity index (χ4v) is 1.92. The average Bonchev–Trinajstić information content (AvgIpc) is 2.83. The molecular weight excluding hydrogens is 333 g/mol. The zero-order valence-electron chi connectivity index (χ0n) is 12.6. The Morgan fingerprint density at radius 2 is 1.74 bits per heavy atom. The van der Waals surface area contributed by atoms with E-state index in [1.165, 1.54) is 24.3 Å². The van der Waals surface area contributed by atoms with Gasteiger partial charge in [0.15, 0.2) is 5.69 Å². The van der Waals surface area contributed by atoms with Gasteiger partial charge in [-0.25, -0.2) is 9.48 Å². The number of nitrogens with zero attached hydrogens (tertiary/aromatic N) is 2. The molecule has 0 N–H and O–H groups in total. The van der Waals surface area contributed by atoms with E-state index < -0.39 is 23.4 Å². The summed E-state index contributed by atoms with van der Waals surface area (Å²) in [7, 11) is 0. The van der Waals surface area contributed by atoms with Crippen LogP contribution in [0.1, 0.15) is 36.8 Å². The van der Waals surface area contributed by atoms with Gasteiger partial charge >= 0.3 is 12.1 Å². The normalized spacial score (nSPS) is 12.3. The van der Waals surface area contributed by atoms with E-state index in [-0.39, 0.29) is 11.4 Å². The smallest absolute Gasteiger partial charge is 0.404 e. The molecule has 23 heavy (non-hydrogen) atoms. The lowest BCUT2D eigenvalue weighted by molar-refractivity contribution is -0.141. The van der Waals surface area contributed by atoms with Crippen molar-refractivity contribution in [2.24, 2.45) is 0 Å². The minimum Gasteiger partial charge on any atom is -0.404 e. The highest BCUT2D eigenvalue weighted by Crippen LogP contribution is 2.33. The first-order valence-electron chi connectivity index (χ1n) is 6.64. The van der Waals surface area contributed by atoms with Crippen LogP contribution in [0, 0.1) is 0 Å². The lowest BCUT2D eigenvalue weighted by atomic mass is 10.1. The summed E-state index contributed by atoms with van der Waals surface area (Å²) in [5, 5.41) is 3.94. The SMILES string of the molecule is CC(C)(C)n1nc(C(F)(F)F)cc1OC(=O)c1ccc(Cl)cc1. The van der Waals surface area contributed by atoms with Gasteiger partial charge in [-0.05, 0) is 45.0 Å². The first-order valence-corrected chi connectivity index (χ1v) is 7.02. The topological polar surface area (TPSA) is 44.1 Å². The van der Waals surface area contributed by atoms with Crippen molar-refractivity contribution in [2.75, 3.05) is 0 Å². The van der Waals surface area contributed by atoms with E-state index in [0.717, 1.165) is 4.68 Å². The van der Waals surface area contributed by atoms with Crippen molar-refractivity contribution < 1.29 is 22.7 Å². The molecule has 0 aliphatic carbocycles. The van der Waals surface area contributed by atoms with Gasteiger partial charge < -0.3 is 4.74 Å². The molecule has 2 aromatic rings. The Morgan fingerprint density at radius 3 is 2.22 bits per heavy atom. The van der Waals surface area contributed by atoms with Crippen LogP contribution in [-0.4, -0.2) is 15.7 Å². The molecule has 0 amide bonds. The Balaban J connectivity index is 2.36. The maximum absolute atomic E-state index is 12.8. The van der Waals surface area contributed by atoms with Crippen LogP contribution in [0.2, 0.25) is 5.02 Å². The molecule has 2 rings (SSSR count). The van der Waals surface area contributed by atoms with Crippen molar-refractivity contribution >= 4 is 17.6 Å². The number of rotatable bonds is 2. The number of halogens is 4. The monoisotopic (exact) mass is 346 g/mol. The average molecular weight is 347 g/mol. The summed E-state index contributed by atoms with van der Waals surface area (Å²) < 4.78 is 44.7. The van der Waals surface area contributed by atoms with E-state index in [1.54, 1.807) is 20.8 Å². The highest BCUT2D eigenvalue weighted by Gasteiger charge is 2.37. The fraction of sp³-hybridized carbons (Fsp3) is 0.333. The van der Waals surface area contributed by atoms with E-state index >= 15 is 0 Å². The predicted molar refractivity (Wildman–Crippen MR) is 78.6 cm³/mol. The highest BCUT2D eigenvalue weighted by atomic mass is 35.5. The van der Waals surface area contributed by atoms with Gasteiger partial charge in [0.2, 0.25) is 5.88 Å². The molecule has 1 aromatic carbocycles. The Morgan fingerprint density at radius 1 is 1.17 bits per heavy atom. The van der Waals surface area contributed by atoms with Gasteiger partial charge in [-0.3, -0.25) is 0 Å². The third-order valence-electron chi connectivity index (χ3n) is 2.88. The third-order valence-corrected chi connectivity index (χ3v) is 3.13. The number of hydrogen-bond donors (Lipinski definition) is 0. The van der Waals surface area contributed by atoms with Crippen LogP contribution in [-0.2, 0) is 11.7 Å². The summed E-state index contributed by atoms with van der Waals surface area (Å²) in [6, 6.07) is 6.53. The summed E-state index contributed by atoms with van der Waals surface area (Å²) >= 11 is 5.72. The van der Waals surface area contributed by atoms with Crippen LogP contribution in [0.5, 0.6) is 5.88 Å². The molecule has 0 unspecified atom stereocenters. The fourth-order valence-electron chi connectivity index (χ4n) is 1.80. The largest absolute Gasteiger partial charge is 0.435 e. The first kappa shape index (κ1) is 17.3. The van der Waals surface area contributed by atoms with Gasteiger partial charge in [-0.15, -0.1) is 0 Å². The molecule has 1 heterocycles. The van der Waals surface area contributed by atoms with Gasteiger partial charge in [-0.2, -0.15) is 18.3 Å². The molecule has 124 valence electrons. The molecule has 0 saturated heterocycles. The number of ether oxygens (including phenoxy) is 1. The van der Waals surface area contributed by atoms with E-state index in [2.05, 4.69) is 5.10 Å². The van der Waals surface area contributed by atoms with E-state index in [9.17, 15) is 18.0 Å². The molecule has 0 bridgehead atoms. The van der Waals surface area contributed by atoms with Crippen LogP contribution in [0.25, 0.3) is 0 Å². The lowest BCUT2D eigenvalue weighted by Gasteiger charge is -2.21.